The summed E-state index contributed by atoms with van der Waals surface area (Å²) in [6.45, 7) is 1.09. The molecule has 4 heteroatoms. The summed E-state index contributed by atoms with van der Waals surface area (Å²) < 4.78 is 25.1. The lowest BCUT2D eigenvalue weighted by Gasteiger charge is -2.08. The molecule has 106 valence electrons. The molecule has 1 aliphatic rings. The molecule has 4 rings (SSSR count). The van der Waals surface area contributed by atoms with Gasteiger partial charge in [0.1, 0.15) is 11.5 Å². The van der Waals surface area contributed by atoms with Crippen LogP contribution in [-0.2, 0) is 13.0 Å². The van der Waals surface area contributed by atoms with Crippen LogP contribution in [0.15, 0.2) is 40.8 Å². The molecule has 3 aromatic rings. The summed E-state index contributed by atoms with van der Waals surface area (Å²) in [4.78, 5) is 0. The van der Waals surface area contributed by atoms with E-state index in [2.05, 4.69) is 0 Å². The van der Waals surface area contributed by atoms with E-state index in [-0.39, 0.29) is 5.82 Å². The SMILES string of the molecule is NCc1cc(-c2cc3cccc(F)c3o2)cc2c1OCC2. The zero-order valence-corrected chi connectivity index (χ0v) is 11.4. The van der Waals surface area contributed by atoms with Crippen molar-refractivity contribution in [3.8, 4) is 17.1 Å². The Morgan fingerprint density at radius 3 is 2.90 bits per heavy atom. The van der Waals surface area contributed by atoms with Crippen LogP contribution in [0.3, 0.4) is 0 Å². The number of furan rings is 1. The van der Waals surface area contributed by atoms with Crippen LogP contribution in [0.25, 0.3) is 22.3 Å². The topological polar surface area (TPSA) is 48.4 Å². The molecule has 0 amide bonds. The highest BCUT2D eigenvalue weighted by molar-refractivity contribution is 5.83. The Balaban J connectivity index is 1.90. The summed E-state index contributed by atoms with van der Waals surface area (Å²) in [5.41, 5.74) is 9.09. The van der Waals surface area contributed by atoms with Gasteiger partial charge in [-0.2, -0.15) is 0 Å². The van der Waals surface area contributed by atoms with Gasteiger partial charge in [-0.05, 0) is 29.8 Å². The number of hydrogen-bond acceptors (Lipinski definition) is 3. The quantitative estimate of drug-likeness (QED) is 0.781. The smallest absolute Gasteiger partial charge is 0.170 e. The van der Waals surface area contributed by atoms with Gasteiger partial charge < -0.3 is 14.9 Å². The van der Waals surface area contributed by atoms with Crippen molar-refractivity contribution >= 4 is 11.0 Å². The maximum atomic E-state index is 13.7. The second-order valence-corrected chi connectivity index (χ2v) is 5.20. The van der Waals surface area contributed by atoms with E-state index in [4.69, 9.17) is 14.9 Å². The molecule has 1 aliphatic heterocycles. The first-order valence-electron chi connectivity index (χ1n) is 6.93. The Labute approximate surface area is 121 Å². The number of para-hydroxylation sites is 1. The summed E-state index contributed by atoms with van der Waals surface area (Å²) in [6.07, 6.45) is 0.866. The van der Waals surface area contributed by atoms with Gasteiger partial charge in [0.25, 0.3) is 0 Å². The average molecular weight is 283 g/mol. The van der Waals surface area contributed by atoms with Gasteiger partial charge in [-0.15, -0.1) is 0 Å². The maximum Gasteiger partial charge on any atom is 0.170 e. The zero-order chi connectivity index (χ0) is 14.4. The van der Waals surface area contributed by atoms with E-state index >= 15 is 0 Å². The number of rotatable bonds is 2. The van der Waals surface area contributed by atoms with Crippen LogP contribution in [0.1, 0.15) is 11.1 Å². The van der Waals surface area contributed by atoms with Gasteiger partial charge in [0.2, 0.25) is 0 Å². The Hall–Kier alpha value is -2.33. The van der Waals surface area contributed by atoms with Gasteiger partial charge in [0.05, 0.1) is 6.61 Å². The van der Waals surface area contributed by atoms with Gasteiger partial charge in [0, 0.05) is 29.5 Å². The summed E-state index contributed by atoms with van der Waals surface area (Å²) in [7, 11) is 0. The molecule has 3 nitrogen and oxygen atoms in total. The van der Waals surface area contributed by atoms with Gasteiger partial charge in [-0.1, -0.05) is 12.1 Å². The van der Waals surface area contributed by atoms with Crippen molar-refractivity contribution in [1.29, 1.82) is 0 Å². The summed E-state index contributed by atoms with van der Waals surface area (Å²) in [5.74, 6) is 1.20. The van der Waals surface area contributed by atoms with E-state index in [1.807, 2.05) is 24.3 Å². The minimum absolute atomic E-state index is 0.290. The number of ether oxygens (including phenoxy) is 1. The Morgan fingerprint density at radius 1 is 1.19 bits per heavy atom. The van der Waals surface area contributed by atoms with Crippen molar-refractivity contribution in [2.45, 2.75) is 13.0 Å². The molecule has 0 aliphatic carbocycles. The van der Waals surface area contributed by atoms with Crippen molar-refractivity contribution in [3.05, 3.63) is 53.3 Å². The summed E-state index contributed by atoms with van der Waals surface area (Å²) in [6, 6.07) is 10.8. The number of fused-ring (bicyclic) bond motifs is 2. The largest absolute Gasteiger partial charge is 0.493 e. The van der Waals surface area contributed by atoms with Gasteiger partial charge in [-0.3, -0.25) is 0 Å². The van der Waals surface area contributed by atoms with Gasteiger partial charge in [0.15, 0.2) is 11.4 Å². The van der Waals surface area contributed by atoms with E-state index in [0.717, 1.165) is 34.2 Å². The molecule has 0 radical (unpaired) electrons. The van der Waals surface area contributed by atoms with Crippen molar-refractivity contribution in [1.82, 2.24) is 0 Å². The fourth-order valence-corrected chi connectivity index (χ4v) is 2.85. The zero-order valence-electron chi connectivity index (χ0n) is 11.4. The summed E-state index contributed by atoms with van der Waals surface area (Å²) in [5, 5.41) is 0.760. The fourth-order valence-electron chi connectivity index (χ4n) is 2.85. The van der Waals surface area contributed by atoms with E-state index in [0.29, 0.717) is 24.5 Å². The number of nitrogens with two attached hydrogens (primary N) is 1. The first-order chi connectivity index (χ1) is 10.3. The highest BCUT2D eigenvalue weighted by atomic mass is 19.1. The van der Waals surface area contributed by atoms with E-state index in [1.165, 1.54) is 6.07 Å². The molecule has 0 atom stereocenters. The van der Waals surface area contributed by atoms with Crippen LogP contribution < -0.4 is 10.5 Å². The standard InChI is InChI=1S/C17H14FNO2/c18-14-3-1-2-10-8-15(21-17(10)14)12-6-11-4-5-20-16(11)13(7-12)9-19/h1-3,6-8H,4-5,9,19H2. The fraction of sp³-hybridized carbons (Fsp3) is 0.176. The highest BCUT2D eigenvalue weighted by Gasteiger charge is 2.19. The van der Waals surface area contributed by atoms with Crippen molar-refractivity contribution in [2.24, 2.45) is 5.73 Å². The van der Waals surface area contributed by atoms with Crippen LogP contribution in [0.5, 0.6) is 5.75 Å². The minimum Gasteiger partial charge on any atom is -0.493 e. The van der Waals surface area contributed by atoms with Gasteiger partial charge in [-0.25, -0.2) is 4.39 Å². The third-order valence-electron chi connectivity index (χ3n) is 3.86. The van der Waals surface area contributed by atoms with Crippen molar-refractivity contribution in [2.75, 3.05) is 6.61 Å². The first kappa shape index (κ1) is 12.4. The molecule has 0 spiro atoms. The molecule has 2 heterocycles. The molecular weight excluding hydrogens is 269 g/mol. The Morgan fingerprint density at radius 2 is 2.10 bits per heavy atom. The lowest BCUT2D eigenvalue weighted by molar-refractivity contribution is 0.353. The number of halogens is 1. The van der Waals surface area contributed by atoms with Crippen molar-refractivity contribution in [3.63, 3.8) is 0 Å². The van der Waals surface area contributed by atoms with Crippen LogP contribution >= 0.6 is 0 Å². The molecule has 0 saturated carbocycles. The second-order valence-electron chi connectivity index (χ2n) is 5.20. The molecule has 0 fully saturated rings. The lowest BCUT2D eigenvalue weighted by Crippen LogP contribution is -1.99. The minimum atomic E-state index is -0.345. The maximum absolute atomic E-state index is 13.7. The summed E-state index contributed by atoms with van der Waals surface area (Å²) >= 11 is 0. The van der Waals surface area contributed by atoms with E-state index < -0.39 is 0 Å². The molecule has 1 aromatic heterocycles. The molecule has 2 aromatic carbocycles. The van der Waals surface area contributed by atoms with Crippen LogP contribution in [0.4, 0.5) is 4.39 Å². The molecule has 0 bridgehead atoms. The number of hydrogen-bond donors (Lipinski definition) is 1. The predicted molar refractivity (Wildman–Crippen MR) is 78.7 cm³/mol. The van der Waals surface area contributed by atoms with Gasteiger partial charge >= 0.3 is 0 Å². The predicted octanol–water partition coefficient (Wildman–Crippen LogP) is 3.63. The average Bonchev–Trinajstić information content (AvgIpc) is 3.12. The third-order valence-corrected chi connectivity index (χ3v) is 3.86. The number of benzene rings is 2. The normalized spacial score (nSPS) is 13.4. The van der Waals surface area contributed by atoms with Crippen LogP contribution in [0.2, 0.25) is 0 Å². The molecule has 0 unspecified atom stereocenters. The first-order valence-corrected chi connectivity index (χ1v) is 6.93. The highest BCUT2D eigenvalue weighted by Crippen LogP contribution is 2.36. The Kier molecular flexibility index (Phi) is 2.72. The van der Waals surface area contributed by atoms with Crippen molar-refractivity contribution < 1.29 is 13.5 Å². The van der Waals surface area contributed by atoms with Crippen LogP contribution in [0, 0.1) is 5.82 Å². The lowest BCUT2D eigenvalue weighted by atomic mass is 10.0. The van der Waals surface area contributed by atoms with Crippen LogP contribution in [-0.4, -0.2) is 6.61 Å². The van der Waals surface area contributed by atoms with E-state index in [1.54, 1.807) is 6.07 Å². The molecule has 0 saturated heterocycles. The second kappa shape index (κ2) is 4.60. The third kappa shape index (κ3) is 1.91. The molecule has 21 heavy (non-hydrogen) atoms. The van der Waals surface area contributed by atoms with E-state index in [9.17, 15) is 4.39 Å². The molecular formula is C17H14FNO2. The monoisotopic (exact) mass is 283 g/mol. The Bertz CT molecular complexity index is 838. The molecule has 2 N–H and O–H groups in total.